The van der Waals surface area contributed by atoms with E-state index in [-0.39, 0.29) is 0 Å². The number of benzene rings is 1. The Hall–Kier alpha value is -1.70. The molecule has 2 rings (SSSR count). The Balaban J connectivity index is 1.79. The molecule has 0 spiro atoms. The number of ether oxygens (including phenoxy) is 1. The van der Waals surface area contributed by atoms with Gasteiger partial charge in [0.1, 0.15) is 5.75 Å². The number of halogens is 1. The summed E-state index contributed by atoms with van der Waals surface area (Å²) in [5.41, 5.74) is 0.619. The Bertz CT molecular complexity index is 598. The van der Waals surface area contributed by atoms with Gasteiger partial charge in [-0.05, 0) is 30.3 Å². The summed E-state index contributed by atoms with van der Waals surface area (Å²) in [6.45, 7) is 0.559. The molecule has 0 atom stereocenters. The minimum atomic E-state index is 0.559. The molecular weight excluding hydrogens is 280 g/mol. The zero-order valence-electron chi connectivity index (χ0n) is 10.0. The molecule has 0 fully saturated rings. The van der Waals surface area contributed by atoms with Gasteiger partial charge in [-0.3, -0.25) is 0 Å². The van der Waals surface area contributed by atoms with Crippen LogP contribution in [-0.2, 0) is 0 Å². The van der Waals surface area contributed by atoms with Crippen LogP contribution in [0, 0.1) is 11.3 Å². The van der Waals surface area contributed by atoms with Crippen LogP contribution in [0.25, 0.3) is 0 Å². The lowest BCUT2D eigenvalue weighted by Gasteiger charge is -2.06. The molecule has 0 N–H and O–H groups in total. The molecule has 0 unspecified atom stereocenters. The van der Waals surface area contributed by atoms with Crippen molar-refractivity contribution >= 4 is 23.4 Å². The van der Waals surface area contributed by atoms with Crippen molar-refractivity contribution in [3.63, 3.8) is 0 Å². The molecule has 0 bridgehead atoms. The fourth-order valence-electron chi connectivity index (χ4n) is 1.42. The Labute approximate surface area is 121 Å². The molecule has 3 nitrogen and oxygen atoms in total. The maximum Gasteiger partial charge on any atom is 0.120 e. The van der Waals surface area contributed by atoms with E-state index < -0.39 is 0 Å². The molecule has 0 radical (unpaired) electrons. The summed E-state index contributed by atoms with van der Waals surface area (Å²) in [4.78, 5) is 4.18. The van der Waals surface area contributed by atoms with E-state index in [1.165, 1.54) is 0 Å². The predicted octanol–water partition coefficient (Wildman–Crippen LogP) is 3.78. The molecule has 1 aromatic heterocycles. The van der Waals surface area contributed by atoms with Crippen molar-refractivity contribution in [1.82, 2.24) is 4.98 Å². The van der Waals surface area contributed by atoms with Gasteiger partial charge in [-0.15, -0.1) is 11.8 Å². The van der Waals surface area contributed by atoms with Crippen LogP contribution < -0.4 is 4.74 Å². The standard InChI is InChI=1S/C14H11ClN2OS/c15-12-2-1-3-13(9-12)18-6-7-19-14-8-11(10-16)4-5-17-14/h1-5,8-9H,6-7H2. The summed E-state index contributed by atoms with van der Waals surface area (Å²) in [5, 5.41) is 10.3. The minimum Gasteiger partial charge on any atom is -0.493 e. The van der Waals surface area contributed by atoms with Crippen LogP contribution in [0.3, 0.4) is 0 Å². The summed E-state index contributed by atoms with van der Waals surface area (Å²) in [6.07, 6.45) is 1.64. The lowest BCUT2D eigenvalue weighted by Crippen LogP contribution is -2.00. The summed E-state index contributed by atoms with van der Waals surface area (Å²) in [6, 6.07) is 12.8. The van der Waals surface area contributed by atoms with Gasteiger partial charge in [-0.25, -0.2) is 4.98 Å². The summed E-state index contributed by atoms with van der Waals surface area (Å²) < 4.78 is 5.57. The first-order valence-electron chi connectivity index (χ1n) is 5.65. The Morgan fingerprint density at radius 3 is 3.00 bits per heavy atom. The van der Waals surface area contributed by atoms with Crippen molar-refractivity contribution in [3.8, 4) is 11.8 Å². The minimum absolute atomic E-state index is 0.559. The van der Waals surface area contributed by atoms with Crippen molar-refractivity contribution in [2.75, 3.05) is 12.4 Å². The molecule has 0 aliphatic carbocycles. The largest absolute Gasteiger partial charge is 0.493 e. The molecule has 19 heavy (non-hydrogen) atoms. The van der Waals surface area contributed by atoms with E-state index in [0.717, 1.165) is 16.5 Å². The third-order valence-corrected chi connectivity index (χ3v) is 3.39. The van der Waals surface area contributed by atoms with Gasteiger partial charge >= 0.3 is 0 Å². The third kappa shape index (κ3) is 4.47. The molecule has 0 saturated carbocycles. The SMILES string of the molecule is N#Cc1ccnc(SCCOc2cccc(Cl)c2)c1. The first-order chi connectivity index (χ1) is 9.28. The van der Waals surface area contributed by atoms with Crippen LogP contribution >= 0.6 is 23.4 Å². The quantitative estimate of drug-likeness (QED) is 0.621. The zero-order chi connectivity index (χ0) is 13.5. The second-order valence-electron chi connectivity index (χ2n) is 3.65. The fraction of sp³-hybridized carbons (Fsp3) is 0.143. The number of rotatable bonds is 5. The lowest BCUT2D eigenvalue weighted by atomic mass is 10.3. The molecule has 0 aliphatic rings. The number of hydrogen-bond acceptors (Lipinski definition) is 4. The van der Waals surface area contributed by atoms with Crippen molar-refractivity contribution in [3.05, 3.63) is 53.2 Å². The number of nitrogens with zero attached hydrogens (tertiary/aromatic N) is 2. The van der Waals surface area contributed by atoms with E-state index in [1.807, 2.05) is 12.1 Å². The zero-order valence-corrected chi connectivity index (χ0v) is 11.6. The number of aromatic nitrogens is 1. The summed E-state index contributed by atoms with van der Waals surface area (Å²) in [7, 11) is 0. The second kappa shape index (κ2) is 7.03. The van der Waals surface area contributed by atoms with E-state index in [4.69, 9.17) is 21.6 Å². The molecule has 1 heterocycles. The fourth-order valence-corrected chi connectivity index (χ4v) is 2.32. The predicted molar refractivity (Wildman–Crippen MR) is 76.6 cm³/mol. The van der Waals surface area contributed by atoms with Gasteiger partial charge in [0.25, 0.3) is 0 Å². The molecule has 0 amide bonds. The highest BCUT2D eigenvalue weighted by atomic mass is 35.5. The third-order valence-electron chi connectivity index (χ3n) is 2.26. The summed E-state index contributed by atoms with van der Waals surface area (Å²) in [5.74, 6) is 1.51. The van der Waals surface area contributed by atoms with E-state index in [2.05, 4.69) is 11.1 Å². The van der Waals surface area contributed by atoms with Crippen molar-refractivity contribution in [1.29, 1.82) is 5.26 Å². The second-order valence-corrected chi connectivity index (χ2v) is 5.20. The molecule has 0 saturated heterocycles. The van der Waals surface area contributed by atoms with Gasteiger partial charge in [0.15, 0.2) is 0 Å². The number of thioether (sulfide) groups is 1. The monoisotopic (exact) mass is 290 g/mol. The van der Waals surface area contributed by atoms with E-state index in [0.29, 0.717) is 17.2 Å². The van der Waals surface area contributed by atoms with Crippen LogP contribution in [0.5, 0.6) is 5.75 Å². The molecule has 96 valence electrons. The first-order valence-corrected chi connectivity index (χ1v) is 7.01. The molecular formula is C14H11ClN2OS. The van der Waals surface area contributed by atoms with Gasteiger partial charge in [-0.2, -0.15) is 5.26 Å². The Morgan fingerprint density at radius 2 is 2.21 bits per heavy atom. The molecule has 2 aromatic rings. The topological polar surface area (TPSA) is 45.9 Å². The Morgan fingerprint density at radius 1 is 1.32 bits per heavy atom. The normalized spacial score (nSPS) is 9.89. The van der Waals surface area contributed by atoms with E-state index in [1.54, 1.807) is 42.2 Å². The van der Waals surface area contributed by atoms with Crippen LogP contribution in [0.4, 0.5) is 0 Å². The van der Waals surface area contributed by atoms with Crippen molar-refractivity contribution < 1.29 is 4.74 Å². The highest BCUT2D eigenvalue weighted by Gasteiger charge is 1.99. The number of nitriles is 1. The molecule has 5 heteroatoms. The lowest BCUT2D eigenvalue weighted by molar-refractivity contribution is 0.344. The van der Waals surface area contributed by atoms with E-state index in [9.17, 15) is 0 Å². The molecule has 0 aliphatic heterocycles. The van der Waals surface area contributed by atoms with Gasteiger partial charge in [0.05, 0.1) is 23.3 Å². The maximum absolute atomic E-state index is 8.78. The average molecular weight is 291 g/mol. The highest BCUT2D eigenvalue weighted by Crippen LogP contribution is 2.19. The van der Waals surface area contributed by atoms with Crippen LogP contribution in [0.2, 0.25) is 5.02 Å². The van der Waals surface area contributed by atoms with Gasteiger partial charge < -0.3 is 4.74 Å². The van der Waals surface area contributed by atoms with Gasteiger partial charge in [-0.1, -0.05) is 17.7 Å². The number of hydrogen-bond donors (Lipinski definition) is 0. The smallest absolute Gasteiger partial charge is 0.120 e. The van der Waals surface area contributed by atoms with E-state index >= 15 is 0 Å². The van der Waals surface area contributed by atoms with Crippen molar-refractivity contribution in [2.45, 2.75) is 5.03 Å². The van der Waals surface area contributed by atoms with Crippen LogP contribution in [-0.4, -0.2) is 17.3 Å². The maximum atomic E-state index is 8.78. The van der Waals surface area contributed by atoms with Crippen molar-refractivity contribution in [2.24, 2.45) is 0 Å². The first kappa shape index (κ1) is 13.7. The molecule has 1 aromatic carbocycles. The Kier molecular flexibility index (Phi) is 5.08. The summed E-state index contributed by atoms with van der Waals surface area (Å²) >= 11 is 7.41. The van der Waals surface area contributed by atoms with Crippen LogP contribution in [0.1, 0.15) is 5.56 Å². The van der Waals surface area contributed by atoms with Gasteiger partial charge in [0.2, 0.25) is 0 Å². The highest BCUT2D eigenvalue weighted by molar-refractivity contribution is 7.99. The van der Waals surface area contributed by atoms with Crippen LogP contribution in [0.15, 0.2) is 47.6 Å². The van der Waals surface area contributed by atoms with Gasteiger partial charge in [0, 0.05) is 17.0 Å². The average Bonchev–Trinajstić information content (AvgIpc) is 2.44. The number of pyridine rings is 1.